The maximum atomic E-state index is 13.4. The van der Waals surface area contributed by atoms with Gasteiger partial charge in [0, 0.05) is 27.6 Å². The van der Waals surface area contributed by atoms with Crippen molar-refractivity contribution < 1.29 is 100.0 Å². The van der Waals surface area contributed by atoms with Crippen molar-refractivity contribution in [3.05, 3.63) is 58.7 Å². The molecule has 0 aliphatic carbocycles. The molecule has 0 bridgehead atoms. The molecule has 0 amide bonds. The van der Waals surface area contributed by atoms with E-state index in [2.05, 4.69) is 29.3 Å². The zero-order chi connectivity index (χ0) is 36.3. The fourth-order valence-corrected chi connectivity index (χ4v) is 3.74. The van der Waals surface area contributed by atoms with Crippen LogP contribution in [-0.4, -0.2) is 97.3 Å². The molecular formula is C28H32F10N2NiO8. The molecule has 21 heteroatoms. The van der Waals surface area contributed by atoms with Crippen molar-refractivity contribution in [1.82, 2.24) is 0 Å². The number of halogens is 10. The number of rotatable bonds is 18. The number of aryl methyl sites for hydroxylation is 2. The Morgan fingerprint density at radius 3 is 1.27 bits per heavy atom. The number of aromatic hydroxyl groups is 2. The monoisotopic (exact) mass is 772 g/mol. The number of alkyl halides is 10. The molecule has 0 saturated heterocycles. The summed E-state index contributed by atoms with van der Waals surface area (Å²) in [4.78, 5) is 0. The van der Waals surface area contributed by atoms with Crippen LogP contribution in [0.15, 0.2) is 46.7 Å². The first kappa shape index (κ1) is 45.6. The van der Waals surface area contributed by atoms with Gasteiger partial charge in [-0.1, -0.05) is 22.4 Å². The number of ether oxygens (including phenoxy) is 4. The third kappa shape index (κ3) is 17.2. The summed E-state index contributed by atoms with van der Waals surface area (Å²) >= 11 is 0. The Balaban J connectivity index is 0.000000922. The van der Waals surface area contributed by atoms with Crippen LogP contribution in [0.3, 0.4) is 0 Å². The number of phenols is 2. The average molecular weight is 773 g/mol. The first-order chi connectivity index (χ1) is 22.6. The Labute approximate surface area is 282 Å². The molecule has 4 unspecified atom stereocenters. The van der Waals surface area contributed by atoms with Crippen LogP contribution in [0.5, 0.6) is 11.5 Å². The van der Waals surface area contributed by atoms with Crippen LogP contribution in [0.2, 0.25) is 0 Å². The van der Waals surface area contributed by atoms with E-state index in [9.17, 15) is 54.1 Å². The summed E-state index contributed by atoms with van der Waals surface area (Å²) in [5, 5.41) is 41.4. The molecule has 4 atom stereocenters. The Kier molecular flexibility index (Phi) is 21.5. The molecule has 2 aromatic carbocycles. The minimum atomic E-state index is -5.08. The molecule has 0 saturated carbocycles. The van der Waals surface area contributed by atoms with Crippen LogP contribution in [0, 0.1) is 0 Å². The van der Waals surface area contributed by atoms with E-state index in [0.29, 0.717) is 24.0 Å². The molecule has 49 heavy (non-hydrogen) atoms. The maximum Gasteiger partial charge on any atom is 0.420 e. The Morgan fingerprint density at radius 2 is 0.980 bits per heavy atom. The van der Waals surface area contributed by atoms with Gasteiger partial charge in [0.1, 0.15) is 11.5 Å². The van der Waals surface area contributed by atoms with Crippen LogP contribution in [-0.2, 0) is 48.3 Å². The first-order valence-electron chi connectivity index (χ1n) is 13.6. The third-order valence-corrected chi connectivity index (χ3v) is 5.96. The molecule has 0 spiro atoms. The van der Waals surface area contributed by atoms with Gasteiger partial charge < -0.3 is 39.6 Å². The minimum absolute atomic E-state index is 0. The number of benzene rings is 2. The Morgan fingerprint density at radius 1 is 0.633 bits per heavy atom. The van der Waals surface area contributed by atoms with Gasteiger partial charge in [-0.2, -0.15) is 26.3 Å². The fourth-order valence-electron chi connectivity index (χ4n) is 3.74. The van der Waals surface area contributed by atoms with Crippen molar-refractivity contribution in [2.75, 3.05) is 26.9 Å². The van der Waals surface area contributed by atoms with Gasteiger partial charge in [0.15, 0.2) is 13.7 Å². The van der Waals surface area contributed by atoms with Crippen LogP contribution in [0.1, 0.15) is 35.1 Å². The van der Waals surface area contributed by atoms with Crippen LogP contribution < -0.4 is 0 Å². The summed E-state index contributed by atoms with van der Waals surface area (Å²) < 4.78 is 141. The van der Waals surface area contributed by atoms with Crippen LogP contribution in [0.25, 0.3) is 0 Å². The van der Waals surface area contributed by atoms with E-state index in [-0.39, 0.29) is 65.2 Å². The van der Waals surface area contributed by atoms with E-state index in [0.717, 1.165) is 12.4 Å². The maximum absolute atomic E-state index is 13.4. The summed E-state index contributed by atoms with van der Waals surface area (Å²) in [6.45, 7) is -4.27. The minimum Gasteiger partial charge on any atom is -0.507 e. The summed E-state index contributed by atoms with van der Waals surface area (Å²) in [5.41, 5.74) is 1.81. The van der Waals surface area contributed by atoms with E-state index in [1.165, 1.54) is 24.3 Å². The van der Waals surface area contributed by atoms with Gasteiger partial charge >= 0.3 is 12.4 Å². The molecule has 0 aromatic heterocycles. The molecule has 2 aromatic rings. The van der Waals surface area contributed by atoms with Crippen molar-refractivity contribution >= 4 is 12.4 Å². The molecule has 0 aliphatic rings. The second kappa shape index (κ2) is 23.1. The van der Waals surface area contributed by atoms with Crippen molar-refractivity contribution in [2.24, 2.45) is 10.3 Å². The number of nitrogens with zero attached hydrogens (tertiary/aromatic N) is 2. The van der Waals surface area contributed by atoms with E-state index >= 15 is 0 Å². The zero-order valence-electron chi connectivity index (χ0n) is 25.0. The zero-order valence-corrected chi connectivity index (χ0v) is 26.0. The molecule has 4 N–H and O–H groups in total. The molecule has 0 radical (unpaired) electrons. The third-order valence-electron chi connectivity index (χ3n) is 5.96. The molecule has 282 valence electrons. The molecular weight excluding hydrogens is 741 g/mol. The summed E-state index contributed by atoms with van der Waals surface area (Å²) in [5.74, 6) is -0.235. The van der Waals surface area contributed by atoms with Gasteiger partial charge in [-0.15, -0.1) is 0 Å². The summed E-state index contributed by atoms with van der Waals surface area (Å²) in [7, 11) is 0. The van der Waals surface area contributed by atoms with Crippen molar-refractivity contribution in [1.29, 1.82) is 0 Å². The fraction of sp³-hybridized carbons (Fsp3) is 0.500. The largest absolute Gasteiger partial charge is 0.507 e. The predicted octanol–water partition coefficient (Wildman–Crippen LogP) is 6.64. The van der Waals surface area contributed by atoms with Gasteiger partial charge in [-0.05, 0) is 61.1 Å². The molecule has 0 fully saturated rings. The van der Waals surface area contributed by atoms with E-state index in [4.69, 9.17) is 10.4 Å². The molecule has 0 heterocycles. The summed E-state index contributed by atoms with van der Waals surface area (Å²) in [6, 6.07) is 8.77. The normalized spacial score (nSPS) is 14.6. The Bertz CT molecular complexity index is 1180. The number of hydrogen-bond donors (Lipinski definition) is 4. The van der Waals surface area contributed by atoms with Crippen molar-refractivity contribution in [2.45, 2.75) is 63.0 Å². The van der Waals surface area contributed by atoms with E-state index in [1.54, 1.807) is 12.1 Å². The topological polar surface area (TPSA) is 143 Å². The first-order valence-corrected chi connectivity index (χ1v) is 13.6. The van der Waals surface area contributed by atoms with Gasteiger partial charge in [0.25, 0.3) is 0 Å². The quantitative estimate of drug-likeness (QED) is 0.0330. The van der Waals surface area contributed by atoms with Gasteiger partial charge in [-0.3, -0.25) is 0 Å². The van der Waals surface area contributed by atoms with Gasteiger partial charge in [0.05, 0.1) is 25.6 Å². The standard InChI is InChI=1S/2C14H16F5NO4.Ni/c2*15-8-24-12(14(17,18)19)13(16)23-5-1-2-9-3-4-11(21)10(6-9)7-20-22;/h2*3-4,6-7,12-13,21-22H,1-2,5,8H2;/b2*20-7+;. The van der Waals surface area contributed by atoms with Crippen molar-refractivity contribution in [3.8, 4) is 11.5 Å². The Hall–Kier alpha value is -3.39. The van der Waals surface area contributed by atoms with Crippen LogP contribution in [0.4, 0.5) is 43.9 Å². The molecule has 0 aliphatic heterocycles. The SMILES string of the molecule is O/N=C/c1cc(CCCOC(F)C(OCF)C(F)(F)F)ccc1O.O/N=C/c1cc(CCCOC(F)C(OCF)C(F)(F)F)ccc1O.[Ni]. The van der Waals surface area contributed by atoms with Crippen LogP contribution >= 0.6 is 0 Å². The smallest absolute Gasteiger partial charge is 0.420 e. The number of phenolic OH excluding ortho intramolecular Hbond substituents is 2. The van der Waals surface area contributed by atoms with Gasteiger partial charge in [0.2, 0.25) is 24.9 Å². The van der Waals surface area contributed by atoms with E-state index < -0.39 is 51.0 Å². The van der Waals surface area contributed by atoms with Crippen molar-refractivity contribution in [3.63, 3.8) is 0 Å². The second-order valence-corrected chi connectivity index (χ2v) is 9.40. The second-order valence-electron chi connectivity index (χ2n) is 9.40. The summed E-state index contributed by atoms with van der Waals surface area (Å²) in [6.07, 6.45) is -18.8. The average Bonchev–Trinajstić information content (AvgIpc) is 3.01. The molecule has 2 rings (SSSR count). The number of oxime groups is 2. The predicted molar refractivity (Wildman–Crippen MR) is 147 cm³/mol. The van der Waals surface area contributed by atoms with E-state index in [1.807, 2.05) is 0 Å². The van der Waals surface area contributed by atoms with Gasteiger partial charge in [-0.25, -0.2) is 17.6 Å². The number of hydrogen-bond acceptors (Lipinski definition) is 10. The molecule has 10 nitrogen and oxygen atoms in total.